The molecule has 0 radical (unpaired) electrons. The Morgan fingerprint density at radius 3 is 2.47 bits per heavy atom. The zero-order chi connectivity index (χ0) is 13.8. The summed E-state index contributed by atoms with van der Waals surface area (Å²) in [6.07, 6.45) is 1.51. The summed E-state index contributed by atoms with van der Waals surface area (Å²) in [5.74, 6) is -0.820. The van der Waals surface area contributed by atoms with Gasteiger partial charge >= 0.3 is 5.97 Å². The van der Waals surface area contributed by atoms with Gasteiger partial charge in [-0.3, -0.25) is 9.59 Å². The lowest BCUT2D eigenvalue weighted by atomic mass is 10.1. The predicted molar refractivity (Wildman–Crippen MR) is 68.1 cm³/mol. The number of pyridine rings is 1. The summed E-state index contributed by atoms with van der Waals surface area (Å²) in [5, 5.41) is 0. The van der Waals surface area contributed by atoms with E-state index in [4.69, 9.17) is 0 Å². The SMILES string of the molecule is COC(=O)Cn1ccc(-c2ccc(F)cc2)cc1=O. The second-order valence-electron chi connectivity index (χ2n) is 3.96. The molecule has 1 aromatic carbocycles. The van der Waals surface area contributed by atoms with E-state index in [9.17, 15) is 14.0 Å². The molecule has 0 atom stereocenters. The minimum atomic E-state index is -0.489. The number of esters is 1. The Morgan fingerprint density at radius 1 is 1.21 bits per heavy atom. The van der Waals surface area contributed by atoms with E-state index >= 15 is 0 Å². The van der Waals surface area contributed by atoms with Crippen LogP contribution in [-0.4, -0.2) is 17.6 Å². The Morgan fingerprint density at radius 2 is 1.89 bits per heavy atom. The summed E-state index contributed by atoms with van der Waals surface area (Å²) < 4.78 is 18.6. The standard InChI is InChI=1S/C14H12FNO3/c1-19-14(18)9-16-7-6-11(8-13(16)17)10-2-4-12(15)5-3-10/h2-8H,9H2,1H3. The second-order valence-corrected chi connectivity index (χ2v) is 3.96. The van der Waals surface area contributed by atoms with Crippen molar-refractivity contribution in [2.45, 2.75) is 6.54 Å². The van der Waals surface area contributed by atoms with Crippen LogP contribution in [0.2, 0.25) is 0 Å². The highest BCUT2D eigenvalue weighted by atomic mass is 19.1. The average molecular weight is 261 g/mol. The van der Waals surface area contributed by atoms with Crippen molar-refractivity contribution in [3.63, 3.8) is 0 Å². The first-order valence-electron chi connectivity index (χ1n) is 5.63. The number of aromatic nitrogens is 1. The highest BCUT2D eigenvalue weighted by molar-refractivity contribution is 5.69. The number of halogens is 1. The van der Waals surface area contributed by atoms with Crippen LogP contribution in [0.25, 0.3) is 11.1 Å². The predicted octanol–water partition coefficient (Wildman–Crippen LogP) is 1.83. The number of ether oxygens (including phenoxy) is 1. The molecule has 0 aliphatic carbocycles. The van der Waals surface area contributed by atoms with Crippen LogP contribution in [0, 0.1) is 5.82 Å². The first-order chi connectivity index (χ1) is 9.10. The molecule has 19 heavy (non-hydrogen) atoms. The molecule has 0 N–H and O–H groups in total. The molecule has 0 bridgehead atoms. The second kappa shape index (κ2) is 5.48. The van der Waals surface area contributed by atoms with Gasteiger partial charge < -0.3 is 9.30 Å². The molecule has 98 valence electrons. The molecular formula is C14H12FNO3. The van der Waals surface area contributed by atoms with Gasteiger partial charge in [0.15, 0.2) is 0 Å². The summed E-state index contributed by atoms with van der Waals surface area (Å²) >= 11 is 0. The molecule has 0 unspecified atom stereocenters. The van der Waals surface area contributed by atoms with Gasteiger partial charge in [0.2, 0.25) is 0 Å². The van der Waals surface area contributed by atoms with Crippen LogP contribution in [0.15, 0.2) is 47.4 Å². The van der Waals surface area contributed by atoms with Crippen LogP contribution in [0.1, 0.15) is 0 Å². The summed E-state index contributed by atoms with van der Waals surface area (Å²) in [4.78, 5) is 22.9. The van der Waals surface area contributed by atoms with Gasteiger partial charge in [-0.05, 0) is 29.3 Å². The third kappa shape index (κ3) is 3.07. The third-order valence-corrected chi connectivity index (χ3v) is 2.70. The normalized spacial score (nSPS) is 10.2. The van der Waals surface area contributed by atoms with Crippen molar-refractivity contribution in [2.24, 2.45) is 0 Å². The fourth-order valence-electron chi connectivity index (χ4n) is 1.66. The molecule has 1 heterocycles. The van der Waals surface area contributed by atoms with Crippen molar-refractivity contribution in [3.8, 4) is 11.1 Å². The van der Waals surface area contributed by atoms with Crippen LogP contribution in [0.4, 0.5) is 4.39 Å². The molecule has 0 saturated carbocycles. The lowest BCUT2D eigenvalue weighted by molar-refractivity contribution is -0.141. The van der Waals surface area contributed by atoms with Crippen LogP contribution in [0.5, 0.6) is 0 Å². The quantitative estimate of drug-likeness (QED) is 0.792. The molecule has 2 rings (SSSR count). The number of nitrogens with zero attached hydrogens (tertiary/aromatic N) is 1. The smallest absolute Gasteiger partial charge is 0.325 e. The molecule has 5 heteroatoms. The maximum Gasteiger partial charge on any atom is 0.325 e. The Balaban J connectivity index is 2.31. The van der Waals surface area contributed by atoms with E-state index in [1.807, 2.05) is 0 Å². The van der Waals surface area contributed by atoms with Crippen molar-refractivity contribution in [1.29, 1.82) is 0 Å². The minimum Gasteiger partial charge on any atom is -0.468 e. The highest BCUT2D eigenvalue weighted by Crippen LogP contribution is 2.17. The average Bonchev–Trinajstić information content (AvgIpc) is 2.41. The van der Waals surface area contributed by atoms with Crippen molar-refractivity contribution < 1.29 is 13.9 Å². The van der Waals surface area contributed by atoms with E-state index in [0.29, 0.717) is 5.56 Å². The van der Waals surface area contributed by atoms with Gasteiger partial charge in [0.25, 0.3) is 5.56 Å². The summed E-state index contributed by atoms with van der Waals surface area (Å²) in [7, 11) is 1.26. The Hall–Kier alpha value is -2.43. The monoisotopic (exact) mass is 261 g/mol. The van der Waals surface area contributed by atoms with Gasteiger partial charge in [-0.1, -0.05) is 12.1 Å². The topological polar surface area (TPSA) is 48.3 Å². The van der Waals surface area contributed by atoms with E-state index in [0.717, 1.165) is 5.56 Å². The molecular weight excluding hydrogens is 249 g/mol. The van der Waals surface area contributed by atoms with Gasteiger partial charge in [0.1, 0.15) is 12.4 Å². The van der Waals surface area contributed by atoms with Crippen molar-refractivity contribution in [3.05, 3.63) is 58.8 Å². The van der Waals surface area contributed by atoms with Gasteiger partial charge in [0.05, 0.1) is 7.11 Å². The van der Waals surface area contributed by atoms with Gasteiger partial charge in [-0.25, -0.2) is 4.39 Å². The summed E-state index contributed by atoms with van der Waals surface area (Å²) in [6, 6.07) is 8.93. The third-order valence-electron chi connectivity index (χ3n) is 2.70. The molecule has 0 spiro atoms. The first-order valence-corrected chi connectivity index (χ1v) is 5.63. The number of methoxy groups -OCH3 is 1. The van der Waals surface area contributed by atoms with E-state index in [-0.39, 0.29) is 17.9 Å². The zero-order valence-corrected chi connectivity index (χ0v) is 10.3. The number of carbonyl (C=O) groups excluding carboxylic acids is 1. The largest absolute Gasteiger partial charge is 0.468 e. The molecule has 0 saturated heterocycles. The number of hydrogen-bond donors (Lipinski definition) is 0. The summed E-state index contributed by atoms with van der Waals surface area (Å²) in [5.41, 5.74) is 1.10. The maximum atomic E-state index is 12.8. The molecule has 0 aliphatic rings. The van der Waals surface area contributed by atoms with Crippen LogP contribution >= 0.6 is 0 Å². The molecule has 0 amide bonds. The lowest BCUT2D eigenvalue weighted by Gasteiger charge is -2.06. The van der Waals surface area contributed by atoms with E-state index < -0.39 is 5.97 Å². The van der Waals surface area contributed by atoms with Gasteiger partial charge in [-0.15, -0.1) is 0 Å². The van der Waals surface area contributed by atoms with Crippen LogP contribution < -0.4 is 5.56 Å². The number of rotatable bonds is 3. The van der Waals surface area contributed by atoms with E-state index in [1.165, 1.54) is 36.1 Å². The maximum absolute atomic E-state index is 12.8. The highest BCUT2D eigenvalue weighted by Gasteiger charge is 2.05. The Labute approximate surface area is 109 Å². The molecule has 1 aromatic heterocycles. The minimum absolute atomic E-state index is 0.126. The number of hydrogen-bond acceptors (Lipinski definition) is 3. The fourth-order valence-corrected chi connectivity index (χ4v) is 1.66. The van der Waals surface area contributed by atoms with E-state index in [1.54, 1.807) is 18.2 Å². The molecule has 2 aromatic rings. The lowest BCUT2D eigenvalue weighted by Crippen LogP contribution is -2.23. The number of benzene rings is 1. The van der Waals surface area contributed by atoms with Gasteiger partial charge in [0, 0.05) is 12.3 Å². The molecule has 0 fully saturated rings. The zero-order valence-electron chi connectivity index (χ0n) is 10.3. The fraction of sp³-hybridized carbons (Fsp3) is 0.143. The van der Waals surface area contributed by atoms with Crippen LogP contribution in [0.3, 0.4) is 0 Å². The molecule has 0 aliphatic heterocycles. The first kappa shape index (κ1) is 13.0. The van der Waals surface area contributed by atoms with Crippen molar-refractivity contribution in [2.75, 3.05) is 7.11 Å². The van der Waals surface area contributed by atoms with Crippen LogP contribution in [-0.2, 0) is 16.1 Å². The Bertz CT molecular complexity index is 646. The molecule has 4 nitrogen and oxygen atoms in total. The van der Waals surface area contributed by atoms with Gasteiger partial charge in [-0.2, -0.15) is 0 Å². The summed E-state index contributed by atoms with van der Waals surface area (Å²) in [6.45, 7) is -0.126. The Kier molecular flexibility index (Phi) is 3.75. The van der Waals surface area contributed by atoms with E-state index in [2.05, 4.69) is 4.74 Å². The van der Waals surface area contributed by atoms with Crippen molar-refractivity contribution >= 4 is 5.97 Å². The van der Waals surface area contributed by atoms with Crippen molar-refractivity contribution in [1.82, 2.24) is 4.57 Å². The number of carbonyl (C=O) groups is 1.